The van der Waals surface area contributed by atoms with Crippen molar-refractivity contribution >= 4 is 11.8 Å². The minimum absolute atomic E-state index is 0.324. The topological polar surface area (TPSA) is 29.5 Å². The lowest BCUT2D eigenvalue weighted by Crippen LogP contribution is -2.36. The number of nitrogens with zero attached hydrogens (tertiary/aromatic N) is 1. The van der Waals surface area contributed by atoms with E-state index in [4.69, 9.17) is 4.74 Å². The lowest BCUT2D eigenvalue weighted by atomic mass is 10.1. The van der Waals surface area contributed by atoms with Crippen LogP contribution in [0.2, 0.25) is 0 Å². The standard InChI is InChI=1S/C14H11NO2/c16-14-15(12-7-2-1-3-8-12)10-11-6-4-5-9-13(11)17-14/h1-9H,10H2. The highest BCUT2D eigenvalue weighted by atomic mass is 16.6. The number of ether oxygens (including phenoxy) is 1. The molecule has 0 saturated carbocycles. The summed E-state index contributed by atoms with van der Waals surface area (Å²) in [5, 5.41) is 0. The molecule has 0 radical (unpaired) electrons. The number of carbonyl (C=O) groups excluding carboxylic acids is 1. The summed E-state index contributed by atoms with van der Waals surface area (Å²) in [6, 6.07) is 17.1. The second kappa shape index (κ2) is 3.94. The van der Waals surface area contributed by atoms with Crippen molar-refractivity contribution in [3.8, 4) is 5.75 Å². The predicted molar refractivity (Wildman–Crippen MR) is 65.1 cm³/mol. The highest BCUT2D eigenvalue weighted by Crippen LogP contribution is 2.28. The van der Waals surface area contributed by atoms with Gasteiger partial charge in [0.05, 0.1) is 6.54 Å². The lowest BCUT2D eigenvalue weighted by Gasteiger charge is -2.27. The van der Waals surface area contributed by atoms with E-state index in [1.807, 2.05) is 54.6 Å². The van der Waals surface area contributed by atoms with Crippen LogP contribution in [0.25, 0.3) is 0 Å². The number of para-hydroxylation sites is 2. The Morgan fingerprint density at radius 3 is 2.47 bits per heavy atom. The zero-order valence-corrected chi connectivity index (χ0v) is 9.17. The van der Waals surface area contributed by atoms with Crippen LogP contribution >= 0.6 is 0 Å². The number of fused-ring (bicyclic) bond motifs is 1. The SMILES string of the molecule is O=C1Oc2ccccc2CN1c1ccccc1. The van der Waals surface area contributed by atoms with Crippen LogP contribution in [-0.2, 0) is 6.54 Å². The van der Waals surface area contributed by atoms with Crippen LogP contribution in [0.3, 0.4) is 0 Å². The maximum atomic E-state index is 11.9. The lowest BCUT2D eigenvalue weighted by molar-refractivity contribution is 0.203. The molecule has 0 saturated heterocycles. The summed E-state index contributed by atoms with van der Waals surface area (Å²) in [5.41, 5.74) is 1.88. The van der Waals surface area contributed by atoms with Gasteiger partial charge in [-0.1, -0.05) is 36.4 Å². The molecule has 1 amide bonds. The smallest absolute Gasteiger partial charge is 0.410 e. The summed E-state index contributed by atoms with van der Waals surface area (Å²) in [6.45, 7) is 0.555. The Morgan fingerprint density at radius 1 is 0.941 bits per heavy atom. The number of benzene rings is 2. The molecule has 1 heterocycles. The third-order valence-electron chi connectivity index (χ3n) is 2.79. The molecular formula is C14H11NO2. The summed E-state index contributed by atoms with van der Waals surface area (Å²) >= 11 is 0. The maximum absolute atomic E-state index is 11.9. The molecule has 3 rings (SSSR count). The summed E-state index contributed by atoms with van der Waals surface area (Å²) in [7, 11) is 0. The molecule has 0 spiro atoms. The summed E-state index contributed by atoms with van der Waals surface area (Å²) < 4.78 is 5.29. The van der Waals surface area contributed by atoms with E-state index in [0.717, 1.165) is 11.3 Å². The van der Waals surface area contributed by atoms with Gasteiger partial charge in [0.15, 0.2) is 0 Å². The Hall–Kier alpha value is -2.29. The van der Waals surface area contributed by atoms with Crippen LogP contribution in [0.15, 0.2) is 54.6 Å². The molecule has 0 N–H and O–H groups in total. The first kappa shape index (κ1) is 9.90. The Morgan fingerprint density at radius 2 is 1.65 bits per heavy atom. The van der Waals surface area contributed by atoms with Crippen molar-refractivity contribution in [2.45, 2.75) is 6.54 Å². The molecule has 17 heavy (non-hydrogen) atoms. The van der Waals surface area contributed by atoms with Crippen LogP contribution in [0.5, 0.6) is 5.75 Å². The van der Waals surface area contributed by atoms with Gasteiger partial charge in [-0.15, -0.1) is 0 Å². The highest BCUT2D eigenvalue weighted by Gasteiger charge is 2.25. The van der Waals surface area contributed by atoms with E-state index in [1.165, 1.54) is 0 Å². The van der Waals surface area contributed by atoms with Crippen molar-refractivity contribution in [2.24, 2.45) is 0 Å². The van der Waals surface area contributed by atoms with Gasteiger partial charge in [0.25, 0.3) is 0 Å². The maximum Gasteiger partial charge on any atom is 0.420 e. The minimum atomic E-state index is -0.324. The molecule has 2 aromatic rings. The number of anilines is 1. The average molecular weight is 225 g/mol. The molecule has 0 fully saturated rings. The van der Waals surface area contributed by atoms with Crippen LogP contribution in [-0.4, -0.2) is 6.09 Å². The molecule has 3 nitrogen and oxygen atoms in total. The van der Waals surface area contributed by atoms with Gasteiger partial charge >= 0.3 is 6.09 Å². The highest BCUT2D eigenvalue weighted by molar-refractivity contribution is 5.90. The molecule has 0 aliphatic carbocycles. The van der Waals surface area contributed by atoms with Crippen LogP contribution in [0.4, 0.5) is 10.5 Å². The normalized spacial score (nSPS) is 14.1. The van der Waals surface area contributed by atoms with Crippen LogP contribution in [0, 0.1) is 0 Å². The molecule has 84 valence electrons. The third-order valence-corrected chi connectivity index (χ3v) is 2.79. The van der Waals surface area contributed by atoms with Gasteiger partial charge in [0, 0.05) is 11.3 Å². The molecule has 1 aliphatic heterocycles. The zero-order chi connectivity index (χ0) is 11.7. The number of carbonyl (C=O) groups is 1. The average Bonchev–Trinajstić information content (AvgIpc) is 2.39. The van der Waals surface area contributed by atoms with E-state index >= 15 is 0 Å². The van der Waals surface area contributed by atoms with E-state index in [-0.39, 0.29) is 6.09 Å². The van der Waals surface area contributed by atoms with E-state index in [0.29, 0.717) is 12.3 Å². The minimum Gasteiger partial charge on any atom is -0.410 e. The summed E-state index contributed by atoms with van der Waals surface area (Å²) in [6.07, 6.45) is -0.324. The molecule has 1 aliphatic rings. The molecule has 3 heteroatoms. The number of amides is 1. The van der Waals surface area contributed by atoms with E-state index in [1.54, 1.807) is 4.90 Å². The third kappa shape index (κ3) is 1.76. The van der Waals surface area contributed by atoms with E-state index in [9.17, 15) is 4.79 Å². The number of rotatable bonds is 1. The van der Waals surface area contributed by atoms with Crippen molar-refractivity contribution < 1.29 is 9.53 Å². The predicted octanol–water partition coefficient (Wildman–Crippen LogP) is 3.21. The van der Waals surface area contributed by atoms with Crippen LogP contribution < -0.4 is 9.64 Å². The van der Waals surface area contributed by atoms with Crippen molar-refractivity contribution in [3.63, 3.8) is 0 Å². The fraction of sp³-hybridized carbons (Fsp3) is 0.0714. The van der Waals surface area contributed by atoms with Crippen molar-refractivity contribution in [1.82, 2.24) is 0 Å². The van der Waals surface area contributed by atoms with Gasteiger partial charge in [-0.2, -0.15) is 0 Å². The molecule has 0 bridgehead atoms. The first-order chi connectivity index (χ1) is 8.34. The molecule has 2 aromatic carbocycles. The van der Waals surface area contributed by atoms with Crippen molar-refractivity contribution in [2.75, 3.05) is 4.90 Å². The van der Waals surface area contributed by atoms with Gasteiger partial charge in [-0.3, -0.25) is 4.90 Å². The quantitative estimate of drug-likeness (QED) is 0.745. The number of hydrogen-bond acceptors (Lipinski definition) is 2. The Kier molecular flexibility index (Phi) is 2.29. The van der Waals surface area contributed by atoms with Gasteiger partial charge < -0.3 is 4.74 Å². The van der Waals surface area contributed by atoms with Gasteiger partial charge in [0.2, 0.25) is 0 Å². The summed E-state index contributed by atoms with van der Waals surface area (Å²) in [5.74, 6) is 0.657. The van der Waals surface area contributed by atoms with Gasteiger partial charge in [-0.25, -0.2) is 4.79 Å². The largest absolute Gasteiger partial charge is 0.420 e. The van der Waals surface area contributed by atoms with Gasteiger partial charge in [0.1, 0.15) is 5.75 Å². The van der Waals surface area contributed by atoms with Crippen molar-refractivity contribution in [1.29, 1.82) is 0 Å². The first-order valence-corrected chi connectivity index (χ1v) is 5.47. The monoisotopic (exact) mass is 225 g/mol. The Labute approximate surface area is 99.2 Å². The van der Waals surface area contributed by atoms with Gasteiger partial charge in [-0.05, 0) is 18.2 Å². The zero-order valence-electron chi connectivity index (χ0n) is 9.17. The van der Waals surface area contributed by atoms with Crippen molar-refractivity contribution in [3.05, 3.63) is 60.2 Å². The molecule has 0 unspecified atom stereocenters. The fourth-order valence-electron chi connectivity index (χ4n) is 1.92. The second-order valence-corrected chi connectivity index (χ2v) is 3.90. The molecule has 0 aromatic heterocycles. The van der Waals surface area contributed by atoms with E-state index in [2.05, 4.69) is 0 Å². The number of hydrogen-bond donors (Lipinski definition) is 0. The Balaban J connectivity index is 1.98. The van der Waals surface area contributed by atoms with Crippen LogP contribution in [0.1, 0.15) is 5.56 Å². The summed E-state index contributed by atoms with van der Waals surface area (Å²) in [4.78, 5) is 13.5. The van der Waals surface area contributed by atoms with E-state index < -0.39 is 0 Å². The Bertz CT molecular complexity index is 551. The first-order valence-electron chi connectivity index (χ1n) is 5.47. The fourth-order valence-corrected chi connectivity index (χ4v) is 1.92. The second-order valence-electron chi connectivity index (χ2n) is 3.90. The molecule has 0 atom stereocenters. The molecular weight excluding hydrogens is 214 g/mol.